The molecule has 0 spiro atoms. The molecule has 0 fully saturated rings. The van der Waals surface area contributed by atoms with Gasteiger partial charge < -0.3 is 10.5 Å². The van der Waals surface area contributed by atoms with Crippen molar-refractivity contribution in [2.45, 2.75) is 10.8 Å². The molecule has 2 aromatic rings. The van der Waals surface area contributed by atoms with Crippen molar-refractivity contribution in [3.8, 4) is 5.75 Å². The average molecular weight is 336 g/mol. The van der Waals surface area contributed by atoms with Crippen molar-refractivity contribution in [1.82, 2.24) is 0 Å². The molecule has 0 aliphatic carbocycles. The van der Waals surface area contributed by atoms with Crippen molar-refractivity contribution in [2.24, 2.45) is 5.73 Å². The zero-order valence-electron chi connectivity index (χ0n) is 11.2. The molecule has 0 aromatic heterocycles. The lowest BCUT2D eigenvalue weighted by Gasteiger charge is -2.15. The van der Waals surface area contributed by atoms with E-state index in [-0.39, 0.29) is 4.99 Å². The van der Waals surface area contributed by atoms with E-state index in [4.69, 9.17) is 34.3 Å². The fourth-order valence-corrected chi connectivity index (χ4v) is 4.19. The molecule has 2 aromatic carbocycles. The number of ether oxygens (including phenoxy) is 1. The highest BCUT2D eigenvalue weighted by molar-refractivity contribution is 7.99. The molecule has 0 radical (unpaired) electrons. The van der Waals surface area contributed by atoms with Crippen LogP contribution in [0.5, 0.6) is 5.75 Å². The summed E-state index contributed by atoms with van der Waals surface area (Å²) in [5.41, 5.74) is 7.71. The maximum atomic E-state index is 6.15. The highest BCUT2D eigenvalue weighted by atomic mass is 35.5. The topological polar surface area (TPSA) is 35.2 Å². The van der Waals surface area contributed by atoms with Crippen LogP contribution in [0.25, 0.3) is 0 Å². The van der Waals surface area contributed by atoms with Crippen LogP contribution in [0.2, 0.25) is 5.02 Å². The Labute approximate surface area is 138 Å². The van der Waals surface area contributed by atoms with E-state index in [0.29, 0.717) is 28.9 Å². The Morgan fingerprint density at radius 2 is 2.10 bits per heavy atom. The second-order valence-electron chi connectivity index (χ2n) is 4.83. The number of hydrogen-bond acceptors (Lipinski definition) is 3. The molecule has 1 unspecified atom stereocenters. The summed E-state index contributed by atoms with van der Waals surface area (Å²) >= 11 is 13.1. The van der Waals surface area contributed by atoms with Crippen LogP contribution >= 0.6 is 35.6 Å². The predicted octanol–water partition coefficient (Wildman–Crippen LogP) is 4.24. The van der Waals surface area contributed by atoms with E-state index in [1.165, 1.54) is 10.5 Å². The number of thiocarbonyl (C=S) groups is 1. The lowest BCUT2D eigenvalue weighted by atomic mass is 10.0. The first-order chi connectivity index (χ1) is 10.2. The van der Waals surface area contributed by atoms with Crippen molar-refractivity contribution in [3.63, 3.8) is 0 Å². The first kappa shape index (κ1) is 14.7. The summed E-state index contributed by atoms with van der Waals surface area (Å²) < 4.78 is 5.95. The second kappa shape index (κ2) is 6.26. The van der Waals surface area contributed by atoms with Crippen LogP contribution in [-0.2, 0) is 0 Å². The van der Waals surface area contributed by atoms with Crippen LogP contribution < -0.4 is 10.5 Å². The Bertz CT molecular complexity index is 690. The van der Waals surface area contributed by atoms with Crippen LogP contribution in [0.15, 0.2) is 47.4 Å². The zero-order chi connectivity index (χ0) is 14.8. The number of thioether (sulfide) groups is 1. The quantitative estimate of drug-likeness (QED) is 0.847. The molecule has 108 valence electrons. The number of hydrogen-bond donors (Lipinski definition) is 1. The van der Waals surface area contributed by atoms with E-state index < -0.39 is 0 Å². The molecule has 0 saturated carbocycles. The first-order valence-corrected chi connectivity index (χ1v) is 8.37. The second-order valence-corrected chi connectivity index (χ2v) is 6.74. The van der Waals surface area contributed by atoms with E-state index in [2.05, 4.69) is 24.3 Å². The van der Waals surface area contributed by atoms with Gasteiger partial charge in [-0.05, 0) is 23.8 Å². The molecule has 1 aliphatic heterocycles. The third kappa shape index (κ3) is 3.03. The number of rotatable bonds is 4. The first-order valence-electron chi connectivity index (χ1n) is 6.59. The number of benzene rings is 2. The van der Waals surface area contributed by atoms with Gasteiger partial charge in [-0.3, -0.25) is 0 Å². The molecule has 1 aliphatic rings. The van der Waals surface area contributed by atoms with Crippen molar-refractivity contribution in [2.75, 3.05) is 12.4 Å². The Balaban J connectivity index is 1.78. The Morgan fingerprint density at radius 3 is 2.90 bits per heavy atom. The van der Waals surface area contributed by atoms with E-state index in [1.54, 1.807) is 6.07 Å². The van der Waals surface area contributed by atoms with Gasteiger partial charge in [-0.15, -0.1) is 11.8 Å². The fourth-order valence-electron chi connectivity index (χ4n) is 2.42. The van der Waals surface area contributed by atoms with Gasteiger partial charge in [0.1, 0.15) is 10.7 Å². The summed E-state index contributed by atoms with van der Waals surface area (Å²) in [6, 6.07) is 13.9. The summed E-state index contributed by atoms with van der Waals surface area (Å²) in [5, 5.41) is 0.529. The summed E-state index contributed by atoms with van der Waals surface area (Å²) in [5.74, 6) is 2.07. The maximum absolute atomic E-state index is 6.15. The molecule has 0 amide bonds. The van der Waals surface area contributed by atoms with Crippen LogP contribution in [0.4, 0.5) is 0 Å². The summed E-state index contributed by atoms with van der Waals surface area (Å²) in [6.45, 7) is 0.597. The SMILES string of the molecule is NC(=S)c1c(Cl)cccc1OCC1CSc2ccccc21. The van der Waals surface area contributed by atoms with Gasteiger partial charge in [0, 0.05) is 16.6 Å². The molecular formula is C16H14ClNOS2. The smallest absolute Gasteiger partial charge is 0.131 e. The van der Waals surface area contributed by atoms with Crippen molar-refractivity contribution in [1.29, 1.82) is 0 Å². The van der Waals surface area contributed by atoms with Crippen LogP contribution in [0.1, 0.15) is 17.0 Å². The van der Waals surface area contributed by atoms with Gasteiger partial charge in [0.05, 0.1) is 17.2 Å². The number of nitrogens with two attached hydrogens (primary N) is 1. The van der Waals surface area contributed by atoms with E-state index in [9.17, 15) is 0 Å². The number of halogens is 1. The lowest BCUT2D eigenvalue weighted by molar-refractivity contribution is 0.297. The van der Waals surface area contributed by atoms with Crippen molar-refractivity contribution < 1.29 is 4.74 Å². The number of fused-ring (bicyclic) bond motifs is 1. The zero-order valence-corrected chi connectivity index (χ0v) is 13.6. The van der Waals surface area contributed by atoms with Gasteiger partial charge in [-0.2, -0.15) is 0 Å². The summed E-state index contributed by atoms with van der Waals surface area (Å²) in [4.78, 5) is 1.60. The standard InChI is InChI=1S/C16H14ClNOS2/c17-12-5-3-6-13(15(12)16(18)20)19-8-10-9-21-14-7-2-1-4-11(10)14/h1-7,10H,8-9H2,(H2,18,20). The van der Waals surface area contributed by atoms with Crippen molar-refractivity contribution >= 4 is 40.6 Å². The van der Waals surface area contributed by atoms with Gasteiger partial charge >= 0.3 is 0 Å². The van der Waals surface area contributed by atoms with Crippen LogP contribution in [0.3, 0.4) is 0 Å². The minimum absolute atomic E-state index is 0.261. The molecule has 0 bridgehead atoms. The van der Waals surface area contributed by atoms with Gasteiger partial charge in [-0.25, -0.2) is 0 Å². The molecule has 0 saturated heterocycles. The Hall–Kier alpha value is -1.23. The van der Waals surface area contributed by atoms with Gasteiger partial charge in [0.25, 0.3) is 0 Å². The molecule has 21 heavy (non-hydrogen) atoms. The average Bonchev–Trinajstić information content (AvgIpc) is 2.88. The Kier molecular flexibility index (Phi) is 4.38. The third-order valence-electron chi connectivity index (χ3n) is 3.46. The highest BCUT2D eigenvalue weighted by Crippen LogP contribution is 2.39. The van der Waals surface area contributed by atoms with E-state index in [1.807, 2.05) is 23.9 Å². The minimum Gasteiger partial charge on any atom is -0.492 e. The molecule has 5 heteroatoms. The lowest BCUT2D eigenvalue weighted by Crippen LogP contribution is -2.15. The molecule has 1 atom stereocenters. The van der Waals surface area contributed by atoms with Crippen LogP contribution in [-0.4, -0.2) is 17.3 Å². The molecular weight excluding hydrogens is 322 g/mol. The van der Waals surface area contributed by atoms with E-state index in [0.717, 1.165) is 5.75 Å². The minimum atomic E-state index is 0.261. The Morgan fingerprint density at radius 1 is 1.29 bits per heavy atom. The maximum Gasteiger partial charge on any atom is 0.131 e. The molecule has 2 N–H and O–H groups in total. The van der Waals surface area contributed by atoms with Gasteiger partial charge in [-0.1, -0.05) is 48.1 Å². The van der Waals surface area contributed by atoms with E-state index >= 15 is 0 Å². The van der Waals surface area contributed by atoms with Crippen molar-refractivity contribution in [3.05, 3.63) is 58.6 Å². The third-order valence-corrected chi connectivity index (χ3v) is 5.23. The largest absolute Gasteiger partial charge is 0.492 e. The molecule has 2 nitrogen and oxygen atoms in total. The van der Waals surface area contributed by atoms with Gasteiger partial charge in [0.2, 0.25) is 0 Å². The fraction of sp³-hybridized carbons (Fsp3) is 0.188. The predicted molar refractivity (Wildman–Crippen MR) is 92.7 cm³/mol. The summed E-state index contributed by atoms with van der Waals surface area (Å²) in [6.07, 6.45) is 0. The van der Waals surface area contributed by atoms with Gasteiger partial charge in [0.15, 0.2) is 0 Å². The molecule has 3 rings (SSSR count). The highest BCUT2D eigenvalue weighted by Gasteiger charge is 2.23. The van der Waals surface area contributed by atoms with Crippen LogP contribution in [0, 0.1) is 0 Å². The molecule has 1 heterocycles. The normalized spacial score (nSPS) is 16.5. The monoisotopic (exact) mass is 335 g/mol. The summed E-state index contributed by atoms with van der Waals surface area (Å²) in [7, 11) is 0.